The number of likely N-dealkylation sites (tertiary alicyclic amines) is 1. The Labute approximate surface area is 125 Å². The number of benzene rings is 1. The number of nitrogens with two attached hydrogens (primary N) is 1. The van der Waals surface area contributed by atoms with Gasteiger partial charge in [0.15, 0.2) is 0 Å². The fourth-order valence-corrected chi connectivity index (χ4v) is 4.28. The summed E-state index contributed by atoms with van der Waals surface area (Å²) >= 11 is 0. The van der Waals surface area contributed by atoms with E-state index in [1.54, 1.807) is 0 Å². The van der Waals surface area contributed by atoms with Gasteiger partial charge in [-0.05, 0) is 55.8 Å². The Morgan fingerprint density at radius 3 is 2.43 bits per heavy atom. The minimum atomic E-state index is -0.513. The summed E-state index contributed by atoms with van der Waals surface area (Å²) < 4.78 is 27.1. The van der Waals surface area contributed by atoms with Crippen molar-refractivity contribution < 1.29 is 8.78 Å². The van der Waals surface area contributed by atoms with E-state index in [1.807, 2.05) is 0 Å². The first-order valence-electron chi connectivity index (χ1n) is 8.11. The lowest BCUT2D eigenvalue weighted by atomic mass is 9.77. The van der Waals surface area contributed by atoms with Crippen LogP contribution in [0.4, 0.5) is 8.78 Å². The molecule has 0 radical (unpaired) electrons. The molecule has 2 nitrogen and oxygen atoms in total. The summed E-state index contributed by atoms with van der Waals surface area (Å²) in [6.07, 6.45) is 7.50. The van der Waals surface area contributed by atoms with Gasteiger partial charge in [0.2, 0.25) is 0 Å². The third-order valence-corrected chi connectivity index (χ3v) is 5.18. The molecule has 3 rings (SSSR count). The summed E-state index contributed by atoms with van der Waals surface area (Å²) in [6, 6.07) is 4.27. The molecule has 21 heavy (non-hydrogen) atoms. The molecule has 3 unspecified atom stereocenters. The molecule has 1 heterocycles. The van der Waals surface area contributed by atoms with Crippen molar-refractivity contribution in [3.8, 4) is 0 Å². The lowest BCUT2D eigenvalue weighted by molar-refractivity contribution is 0.0274. The molecule has 0 bridgehead atoms. The summed E-state index contributed by atoms with van der Waals surface area (Å²) in [5.74, 6) is -0.290. The standard InChI is InChI=1S/C17H24F2N2/c18-14-8-13(9-15(19)10-14)17(11-20)21-7-3-5-12-4-1-2-6-16(12)21/h8-10,12,16-17H,1-7,11,20H2. The van der Waals surface area contributed by atoms with Gasteiger partial charge in [-0.25, -0.2) is 8.78 Å². The third kappa shape index (κ3) is 3.11. The zero-order chi connectivity index (χ0) is 14.8. The van der Waals surface area contributed by atoms with Crippen molar-refractivity contribution in [2.24, 2.45) is 11.7 Å². The highest BCUT2D eigenvalue weighted by Gasteiger charge is 2.36. The molecule has 1 aromatic carbocycles. The minimum absolute atomic E-state index is 0.0684. The van der Waals surface area contributed by atoms with Gasteiger partial charge in [0.25, 0.3) is 0 Å². The number of piperidine rings is 1. The molecule has 2 aliphatic rings. The predicted octanol–water partition coefficient (Wildman–Crippen LogP) is 3.62. The molecule has 1 aliphatic heterocycles. The number of hydrogen-bond donors (Lipinski definition) is 1. The average Bonchev–Trinajstić information content (AvgIpc) is 2.47. The fraction of sp³-hybridized carbons (Fsp3) is 0.647. The molecule has 116 valence electrons. The summed E-state index contributed by atoms with van der Waals surface area (Å²) in [5, 5.41) is 0. The Kier molecular flexibility index (Phi) is 4.55. The SMILES string of the molecule is NCC(c1cc(F)cc(F)c1)N1CCCC2CCCCC21. The van der Waals surface area contributed by atoms with E-state index < -0.39 is 11.6 Å². The number of halogens is 2. The maximum Gasteiger partial charge on any atom is 0.126 e. The molecule has 2 N–H and O–H groups in total. The fourth-order valence-electron chi connectivity index (χ4n) is 4.28. The third-order valence-electron chi connectivity index (χ3n) is 5.18. The zero-order valence-corrected chi connectivity index (χ0v) is 12.4. The molecule has 4 heteroatoms. The van der Waals surface area contributed by atoms with Crippen LogP contribution in [-0.2, 0) is 0 Å². The van der Waals surface area contributed by atoms with Crippen LogP contribution < -0.4 is 5.73 Å². The molecule has 2 fully saturated rings. The van der Waals surface area contributed by atoms with Crippen LogP contribution in [0.2, 0.25) is 0 Å². The van der Waals surface area contributed by atoms with Gasteiger partial charge in [-0.15, -0.1) is 0 Å². The lowest BCUT2D eigenvalue weighted by Crippen LogP contribution is -2.50. The van der Waals surface area contributed by atoms with Gasteiger partial charge in [-0.3, -0.25) is 4.90 Å². The summed E-state index contributed by atoms with van der Waals surface area (Å²) in [7, 11) is 0. The van der Waals surface area contributed by atoms with Gasteiger partial charge < -0.3 is 5.73 Å². The van der Waals surface area contributed by atoms with Gasteiger partial charge >= 0.3 is 0 Å². The average molecular weight is 294 g/mol. The number of hydrogen-bond acceptors (Lipinski definition) is 2. The van der Waals surface area contributed by atoms with Crippen molar-refractivity contribution in [1.82, 2.24) is 4.90 Å². The minimum Gasteiger partial charge on any atom is -0.329 e. The summed E-state index contributed by atoms with van der Waals surface area (Å²) in [4.78, 5) is 2.42. The Morgan fingerprint density at radius 2 is 1.71 bits per heavy atom. The van der Waals surface area contributed by atoms with E-state index in [2.05, 4.69) is 4.90 Å². The maximum atomic E-state index is 13.5. The second-order valence-electron chi connectivity index (χ2n) is 6.45. The largest absolute Gasteiger partial charge is 0.329 e. The predicted molar refractivity (Wildman–Crippen MR) is 79.8 cm³/mol. The van der Waals surface area contributed by atoms with E-state index in [0.717, 1.165) is 24.9 Å². The highest BCUT2D eigenvalue weighted by atomic mass is 19.1. The lowest BCUT2D eigenvalue weighted by Gasteiger charge is -2.47. The molecule has 1 aromatic rings. The molecule has 1 saturated carbocycles. The van der Waals surface area contributed by atoms with Crippen LogP contribution in [0, 0.1) is 17.6 Å². The van der Waals surface area contributed by atoms with Gasteiger partial charge in [0.05, 0.1) is 0 Å². The summed E-state index contributed by atoms with van der Waals surface area (Å²) in [5.41, 5.74) is 6.65. The second kappa shape index (κ2) is 6.41. The highest BCUT2D eigenvalue weighted by Crippen LogP contribution is 2.39. The van der Waals surface area contributed by atoms with Crippen LogP contribution in [0.1, 0.15) is 50.1 Å². The van der Waals surface area contributed by atoms with E-state index in [4.69, 9.17) is 5.73 Å². The molecule has 1 saturated heterocycles. The molecule has 0 amide bonds. The van der Waals surface area contributed by atoms with E-state index in [1.165, 1.54) is 44.2 Å². The molecule has 0 aromatic heterocycles. The normalized spacial score (nSPS) is 28.1. The van der Waals surface area contributed by atoms with E-state index in [9.17, 15) is 8.78 Å². The molecule has 3 atom stereocenters. The molecule has 1 aliphatic carbocycles. The molecule has 0 spiro atoms. The Morgan fingerprint density at radius 1 is 1.05 bits per heavy atom. The van der Waals surface area contributed by atoms with Crippen LogP contribution >= 0.6 is 0 Å². The van der Waals surface area contributed by atoms with Gasteiger partial charge in [-0.1, -0.05) is 12.8 Å². The highest BCUT2D eigenvalue weighted by molar-refractivity contribution is 5.22. The van der Waals surface area contributed by atoms with E-state index >= 15 is 0 Å². The van der Waals surface area contributed by atoms with Crippen molar-refractivity contribution in [2.75, 3.05) is 13.1 Å². The quantitative estimate of drug-likeness (QED) is 0.922. The summed E-state index contributed by atoms with van der Waals surface area (Å²) in [6.45, 7) is 1.40. The van der Waals surface area contributed by atoms with Gasteiger partial charge in [-0.2, -0.15) is 0 Å². The first-order valence-corrected chi connectivity index (χ1v) is 8.11. The smallest absolute Gasteiger partial charge is 0.126 e. The molecular formula is C17H24F2N2. The van der Waals surface area contributed by atoms with Crippen molar-refractivity contribution in [3.05, 3.63) is 35.4 Å². The second-order valence-corrected chi connectivity index (χ2v) is 6.45. The number of fused-ring (bicyclic) bond motifs is 1. The van der Waals surface area contributed by atoms with Crippen molar-refractivity contribution in [1.29, 1.82) is 0 Å². The van der Waals surface area contributed by atoms with E-state index in [0.29, 0.717) is 18.2 Å². The van der Waals surface area contributed by atoms with Crippen LogP contribution in [0.5, 0.6) is 0 Å². The zero-order valence-electron chi connectivity index (χ0n) is 12.4. The van der Waals surface area contributed by atoms with Crippen LogP contribution in [-0.4, -0.2) is 24.0 Å². The topological polar surface area (TPSA) is 29.3 Å². The number of rotatable bonds is 3. The van der Waals surface area contributed by atoms with Crippen molar-refractivity contribution >= 4 is 0 Å². The van der Waals surface area contributed by atoms with Crippen LogP contribution in [0.15, 0.2) is 18.2 Å². The molecular weight excluding hydrogens is 270 g/mol. The Bertz CT molecular complexity index is 469. The Balaban J connectivity index is 1.87. The first kappa shape index (κ1) is 14.9. The van der Waals surface area contributed by atoms with Gasteiger partial charge in [0.1, 0.15) is 11.6 Å². The monoisotopic (exact) mass is 294 g/mol. The van der Waals surface area contributed by atoms with E-state index in [-0.39, 0.29) is 6.04 Å². The van der Waals surface area contributed by atoms with Crippen LogP contribution in [0.3, 0.4) is 0 Å². The van der Waals surface area contributed by atoms with Gasteiger partial charge in [0, 0.05) is 24.7 Å². The van der Waals surface area contributed by atoms with Crippen molar-refractivity contribution in [3.63, 3.8) is 0 Å². The Hall–Kier alpha value is -1.00. The first-order chi connectivity index (χ1) is 10.2. The van der Waals surface area contributed by atoms with Crippen molar-refractivity contribution in [2.45, 2.75) is 50.6 Å². The van der Waals surface area contributed by atoms with Crippen LogP contribution in [0.25, 0.3) is 0 Å². The number of nitrogens with zero attached hydrogens (tertiary/aromatic N) is 1. The maximum absolute atomic E-state index is 13.5.